The van der Waals surface area contributed by atoms with Crippen LogP contribution in [0.5, 0.6) is 5.75 Å². The van der Waals surface area contributed by atoms with E-state index in [2.05, 4.69) is 39.7 Å². The molecule has 0 unspecified atom stereocenters. The van der Waals surface area contributed by atoms with Gasteiger partial charge in [-0.3, -0.25) is 0 Å². The molecular formula is C16H23N5O. The van der Waals surface area contributed by atoms with Crippen molar-refractivity contribution < 1.29 is 4.74 Å². The molecule has 1 aromatic heterocycles. The fraction of sp³-hybridized carbons (Fsp3) is 0.438. The van der Waals surface area contributed by atoms with Crippen LogP contribution in [0.3, 0.4) is 0 Å². The zero-order chi connectivity index (χ0) is 15.9. The first-order valence-electron chi connectivity index (χ1n) is 7.43. The Morgan fingerprint density at radius 3 is 2.82 bits per heavy atom. The zero-order valence-corrected chi connectivity index (χ0v) is 13.6. The highest BCUT2D eigenvalue weighted by Gasteiger charge is 2.06. The SMILES string of the molecule is COc1ccc(C)cc1Nc1cnnc(NCCC(C)C)n1. The highest BCUT2D eigenvalue weighted by atomic mass is 16.5. The van der Waals surface area contributed by atoms with Crippen LogP contribution in [-0.2, 0) is 0 Å². The number of nitrogens with zero attached hydrogens (tertiary/aromatic N) is 3. The summed E-state index contributed by atoms with van der Waals surface area (Å²) >= 11 is 0. The molecule has 0 bridgehead atoms. The molecule has 2 aromatic rings. The summed E-state index contributed by atoms with van der Waals surface area (Å²) in [7, 11) is 1.65. The molecule has 1 heterocycles. The van der Waals surface area contributed by atoms with Gasteiger partial charge in [-0.05, 0) is 37.0 Å². The maximum absolute atomic E-state index is 5.35. The van der Waals surface area contributed by atoms with E-state index in [0.29, 0.717) is 17.7 Å². The van der Waals surface area contributed by atoms with Crippen LogP contribution < -0.4 is 15.4 Å². The lowest BCUT2D eigenvalue weighted by molar-refractivity contribution is 0.416. The highest BCUT2D eigenvalue weighted by molar-refractivity contribution is 5.65. The van der Waals surface area contributed by atoms with E-state index in [4.69, 9.17) is 4.74 Å². The van der Waals surface area contributed by atoms with E-state index in [1.54, 1.807) is 13.3 Å². The summed E-state index contributed by atoms with van der Waals surface area (Å²) in [5, 5.41) is 14.4. The van der Waals surface area contributed by atoms with Crippen molar-refractivity contribution in [2.24, 2.45) is 5.92 Å². The molecule has 0 saturated heterocycles. The molecule has 1 aromatic carbocycles. The minimum absolute atomic E-state index is 0.525. The molecular weight excluding hydrogens is 278 g/mol. The fourth-order valence-corrected chi connectivity index (χ4v) is 1.97. The van der Waals surface area contributed by atoms with Crippen molar-refractivity contribution in [3.05, 3.63) is 30.0 Å². The molecule has 0 aliphatic heterocycles. The second-order valence-corrected chi connectivity index (χ2v) is 5.60. The smallest absolute Gasteiger partial charge is 0.244 e. The number of aromatic nitrogens is 3. The molecule has 6 nitrogen and oxygen atoms in total. The van der Waals surface area contributed by atoms with Crippen LogP contribution in [-0.4, -0.2) is 28.8 Å². The van der Waals surface area contributed by atoms with E-state index in [0.717, 1.165) is 30.0 Å². The predicted octanol–water partition coefficient (Wildman–Crippen LogP) is 3.39. The van der Waals surface area contributed by atoms with Crippen LogP contribution >= 0.6 is 0 Å². The molecule has 2 rings (SSSR count). The van der Waals surface area contributed by atoms with Gasteiger partial charge in [0, 0.05) is 6.54 Å². The third kappa shape index (κ3) is 4.58. The Morgan fingerprint density at radius 2 is 2.09 bits per heavy atom. The first kappa shape index (κ1) is 16.0. The van der Waals surface area contributed by atoms with Crippen LogP contribution in [0.1, 0.15) is 25.8 Å². The summed E-state index contributed by atoms with van der Waals surface area (Å²) in [5.74, 6) is 2.56. The number of ether oxygens (including phenoxy) is 1. The second-order valence-electron chi connectivity index (χ2n) is 5.60. The number of anilines is 3. The monoisotopic (exact) mass is 301 g/mol. The predicted molar refractivity (Wildman–Crippen MR) is 88.8 cm³/mol. The fourth-order valence-electron chi connectivity index (χ4n) is 1.97. The van der Waals surface area contributed by atoms with Gasteiger partial charge in [-0.1, -0.05) is 19.9 Å². The quantitative estimate of drug-likeness (QED) is 0.816. The Labute approximate surface area is 131 Å². The first-order valence-corrected chi connectivity index (χ1v) is 7.43. The molecule has 0 radical (unpaired) electrons. The Balaban J connectivity index is 2.08. The average molecular weight is 301 g/mol. The van der Waals surface area contributed by atoms with E-state index >= 15 is 0 Å². The van der Waals surface area contributed by atoms with Gasteiger partial charge in [0.2, 0.25) is 5.95 Å². The van der Waals surface area contributed by atoms with Crippen LogP contribution in [0.25, 0.3) is 0 Å². The third-order valence-electron chi connectivity index (χ3n) is 3.18. The summed E-state index contributed by atoms with van der Waals surface area (Å²) < 4.78 is 5.35. The topological polar surface area (TPSA) is 72.0 Å². The van der Waals surface area contributed by atoms with Gasteiger partial charge in [-0.15, -0.1) is 5.10 Å². The summed E-state index contributed by atoms with van der Waals surface area (Å²) in [6.45, 7) is 7.23. The molecule has 0 fully saturated rings. The molecule has 22 heavy (non-hydrogen) atoms. The molecule has 0 aliphatic carbocycles. The molecule has 2 N–H and O–H groups in total. The van der Waals surface area contributed by atoms with E-state index in [1.807, 2.05) is 25.1 Å². The maximum atomic E-state index is 5.35. The Morgan fingerprint density at radius 1 is 1.27 bits per heavy atom. The van der Waals surface area contributed by atoms with E-state index in [1.165, 1.54) is 0 Å². The third-order valence-corrected chi connectivity index (χ3v) is 3.18. The lowest BCUT2D eigenvalue weighted by Crippen LogP contribution is -2.09. The number of benzene rings is 1. The van der Waals surface area contributed by atoms with Crippen LogP contribution in [0.15, 0.2) is 24.4 Å². The largest absolute Gasteiger partial charge is 0.495 e. The van der Waals surface area contributed by atoms with Crippen molar-refractivity contribution >= 4 is 17.5 Å². The number of hydrogen-bond donors (Lipinski definition) is 2. The second kappa shape index (κ2) is 7.59. The van der Waals surface area contributed by atoms with Crippen molar-refractivity contribution in [1.82, 2.24) is 15.2 Å². The molecule has 0 aliphatic rings. The molecule has 0 amide bonds. The average Bonchev–Trinajstić information content (AvgIpc) is 2.47. The van der Waals surface area contributed by atoms with Crippen LogP contribution in [0, 0.1) is 12.8 Å². The summed E-state index contributed by atoms with van der Waals surface area (Å²) in [6, 6.07) is 5.93. The minimum atomic E-state index is 0.525. The first-order chi connectivity index (χ1) is 10.6. The van der Waals surface area contributed by atoms with Crippen molar-refractivity contribution in [3.63, 3.8) is 0 Å². The van der Waals surface area contributed by atoms with Gasteiger partial charge in [0.05, 0.1) is 19.0 Å². The highest BCUT2D eigenvalue weighted by Crippen LogP contribution is 2.27. The van der Waals surface area contributed by atoms with Gasteiger partial charge in [0.1, 0.15) is 5.75 Å². The van der Waals surface area contributed by atoms with Gasteiger partial charge in [-0.25, -0.2) is 0 Å². The normalized spacial score (nSPS) is 10.6. The lowest BCUT2D eigenvalue weighted by Gasteiger charge is -2.12. The molecule has 0 saturated carbocycles. The van der Waals surface area contributed by atoms with Crippen molar-refractivity contribution in [2.45, 2.75) is 27.2 Å². The molecule has 0 atom stereocenters. The van der Waals surface area contributed by atoms with Crippen molar-refractivity contribution in [1.29, 1.82) is 0 Å². The minimum Gasteiger partial charge on any atom is -0.495 e. The molecule has 0 spiro atoms. The van der Waals surface area contributed by atoms with Crippen molar-refractivity contribution in [3.8, 4) is 5.75 Å². The van der Waals surface area contributed by atoms with E-state index < -0.39 is 0 Å². The van der Waals surface area contributed by atoms with Gasteiger partial charge in [-0.2, -0.15) is 10.1 Å². The number of aryl methyl sites for hydroxylation is 1. The van der Waals surface area contributed by atoms with Gasteiger partial charge in [0.15, 0.2) is 5.82 Å². The summed E-state index contributed by atoms with van der Waals surface area (Å²) in [5.41, 5.74) is 2.00. The molecule has 118 valence electrons. The van der Waals surface area contributed by atoms with E-state index in [9.17, 15) is 0 Å². The molecule has 6 heteroatoms. The maximum Gasteiger partial charge on any atom is 0.244 e. The van der Waals surface area contributed by atoms with E-state index in [-0.39, 0.29) is 0 Å². The summed E-state index contributed by atoms with van der Waals surface area (Å²) in [4.78, 5) is 4.42. The van der Waals surface area contributed by atoms with Crippen LogP contribution in [0.2, 0.25) is 0 Å². The van der Waals surface area contributed by atoms with Crippen LogP contribution in [0.4, 0.5) is 17.5 Å². The zero-order valence-electron chi connectivity index (χ0n) is 13.6. The number of hydrogen-bond acceptors (Lipinski definition) is 6. The lowest BCUT2D eigenvalue weighted by atomic mass is 10.1. The Bertz CT molecular complexity index is 615. The standard InChI is InChI=1S/C16H23N5O/c1-11(2)7-8-17-16-20-15(10-18-21-16)19-13-9-12(3)5-6-14(13)22-4/h5-6,9-11H,7-8H2,1-4H3,(H2,17,19,20,21). The Kier molecular flexibility index (Phi) is 5.52. The number of methoxy groups -OCH3 is 1. The summed E-state index contributed by atoms with van der Waals surface area (Å²) in [6.07, 6.45) is 2.65. The number of rotatable bonds is 7. The van der Waals surface area contributed by atoms with Gasteiger partial charge >= 0.3 is 0 Å². The van der Waals surface area contributed by atoms with Crippen molar-refractivity contribution in [2.75, 3.05) is 24.3 Å². The Hall–Kier alpha value is -2.37. The number of nitrogens with one attached hydrogen (secondary N) is 2. The van der Waals surface area contributed by atoms with Gasteiger partial charge < -0.3 is 15.4 Å². The van der Waals surface area contributed by atoms with Gasteiger partial charge in [0.25, 0.3) is 0 Å².